The molecule has 10 heteroatoms. The van der Waals surface area contributed by atoms with Crippen LogP contribution < -0.4 is 11.0 Å². The highest BCUT2D eigenvalue weighted by atomic mass is 32.2. The molecule has 0 atom stereocenters. The third-order valence-corrected chi connectivity index (χ3v) is 4.62. The van der Waals surface area contributed by atoms with Gasteiger partial charge in [0.05, 0.1) is 18.4 Å². The number of thioether (sulfide) groups is 1. The molecule has 0 aliphatic rings. The number of imidazole rings is 1. The van der Waals surface area contributed by atoms with Crippen LogP contribution in [0.4, 0.5) is 19.0 Å². The molecule has 3 aromatic rings. The minimum Gasteiger partial charge on any atom is -0.493 e. The van der Waals surface area contributed by atoms with Gasteiger partial charge in [-0.05, 0) is 67.6 Å². The van der Waals surface area contributed by atoms with E-state index in [4.69, 9.17) is 0 Å². The van der Waals surface area contributed by atoms with Gasteiger partial charge < -0.3 is 10.4 Å². The van der Waals surface area contributed by atoms with Crippen LogP contribution in [0.2, 0.25) is 0 Å². The van der Waals surface area contributed by atoms with Crippen molar-refractivity contribution in [3.8, 4) is 11.6 Å². The zero-order valence-corrected chi connectivity index (χ0v) is 16.5. The van der Waals surface area contributed by atoms with Crippen LogP contribution in [0.3, 0.4) is 0 Å². The quantitative estimate of drug-likeness (QED) is 0.580. The van der Waals surface area contributed by atoms with Crippen LogP contribution in [-0.4, -0.2) is 30.8 Å². The zero-order chi connectivity index (χ0) is 21.2. The maximum atomic E-state index is 12.7. The number of hydrogen-bond acceptors (Lipinski definition) is 5. The molecule has 154 valence electrons. The lowest BCUT2D eigenvalue weighted by molar-refractivity contribution is -0.0328. The molecule has 0 saturated heterocycles. The van der Waals surface area contributed by atoms with Crippen molar-refractivity contribution in [2.24, 2.45) is 0 Å². The van der Waals surface area contributed by atoms with E-state index in [1.807, 2.05) is 19.9 Å². The van der Waals surface area contributed by atoms with E-state index in [0.717, 1.165) is 10.1 Å². The third kappa shape index (κ3) is 5.35. The second-order valence-corrected chi connectivity index (χ2v) is 7.76. The predicted octanol–water partition coefficient (Wildman–Crippen LogP) is 4.22. The van der Waals surface area contributed by atoms with Crippen LogP contribution in [0, 0.1) is 0 Å². The van der Waals surface area contributed by atoms with Crippen LogP contribution in [0.25, 0.3) is 5.69 Å². The van der Waals surface area contributed by atoms with E-state index in [2.05, 4.69) is 10.3 Å². The summed E-state index contributed by atoms with van der Waals surface area (Å²) in [6.45, 7) is 4.17. The van der Waals surface area contributed by atoms with Crippen molar-refractivity contribution in [2.45, 2.75) is 36.8 Å². The van der Waals surface area contributed by atoms with Crippen molar-refractivity contribution in [2.75, 3.05) is 5.32 Å². The monoisotopic (exact) mass is 424 g/mol. The number of anilines is 1. The first-order chi connectivity index (χ1) is 13.6. The molecule has 0 spiro atoms. The summed E-state index contributed by atoms with van der Waals surface area (Å²) in [6, 6.07) is 8.99. The molecule has 0 radical (unpaired) electrons. The highest BCUT2D eigenvalue weighted by molar-refractivity contribution is 8.00. The molecule has 0 bridgehead atoms. The smallest absolute Gasteiger partial charge is 0.446 e. The molecule has 2 N–H and O–H groups in total. The lowest BCUT2D eigenvalue weighted by atomic mass is 10.2. The van der Waals surface area contributed by atoms with Gasteiger partial charge in [-0.2, -0.15) is 13.2 Å². The molecule has 29 heavy (non-hydrogen) atoms. The maximum Gasteiger partial charge on any atom is 0.446 e. The highest BCUT2D eigenvalue weighted by Gasteiger charge is 2.29. The Bertz CT molecular complexity index is 1040. The van der Waals surface area contributed by atoms with Gasteiger partial charge in [0.2, 0.25) is 5.88 Å². The number of aromatic nitrogens is 3. The summed E-state index contributed by atoms with van der Waals surface area (Å²) in [4.78, 5) is 16.9. The van der Waals surface area contributed by atoms with Gasteiger partial charge in [0, 0.05) is 17.1 Å². The Kier molecular flexibility index (Phi) is 5.92. The number of benzene rings is 1. The van der Waals surface area contributed by atoms with Crippen molar-refractivity contribution in [3.63, 3.8) is 0 Å². The Morgan fingerprint density at radius 3 is 2.52 bits per heavy atom. The summed E-state index contributed by atoms with van der Waals surface area (Å²) in [5.74, 6) is 0.368. The van der Waals surface area contributed by atoms with E-state index in [1.54, 1.807) is 12.3 Å². The minimum absolute atomic E-state index is 0.00445. The van der Waals surface area contributed by atoms with Crippen LogP contribution in [0.5, 0.6) is 5.88 Å². The summed E-state index contributed by atoms with van der Waals surface area (Å²) in [5, 5.41) is 13.4. The fraction of sp³-hybridized carbons (Fsp3) is 0.263. The van der Waals surface area contributed by atoms with Crippen LogP contribution in [-0.2, 0) is 6.54 Å². The Morgan fingerprint density at radius 1 is 1.21 bits per heavy atom. The van der Waals surface area contributed by atoms with Gasteiger partial charge >= 0.3 is 11.2 Å². The Labute approximate surface area is 169 Å². The van der Waals surface area contributed by atoms with E-state index < -0.39 is 11.2 Å². The lowest BCUT2D eigenvalue weighted by Crippen LogP contribution is -2.23. The first kappa shape index (κ1) is 20.8. The number of hydrogen-bond donors (Lipinski definition) is 2. The van der Waals surface area contributed by atoms with Crippen molar-refractivity contribution in [1.29, 1.82) is 0 Å². The van der Waals surface area contributed by atoms with E-state index in [9.17, 15) is 23.1 Å². The van der Waals surface area contributed by atoms with E-state index in [0.29, 0.717) is 5.82 Å². The molecular weight excluding hydrogens is 405 g/mol. The van der Waals surface area contributed by atoms with E-state index in [-0.39, 0.29) is 40.8 Å². The first-order valence-corrected chi connectivity index (χ1v) is 9.53. The Hall–Kier alpha value is -2.88. The van der Waals surface area contributed by atoms with Gasteiger partial charge in [-0.15, -0.1) is 0 Å². The minimum atomic E-state index is -4.39. The summed E-state index contributed by atoms with van der Waals surface area (Å²) in [5.41, 5.74) is -3.82. The summed E-state index contributed by atoms with van der Waals surface area (Å²) < 4.78 is 39.7. The number of nitrogens with one attached hydrogen (secondary N) is 1. The van der Waals surface area contributed by atoms with Gasteiger partial charge in [0.25, 0.3) is 0 Å². The topological polar surface area (TPSA) is 72.1 Å². The fourth-order valence-corrected chi connectivity index (χ4v) is 3.32. The first-order valence-electron chi connectivity index (χ1n) is 8.71. The molecule has 0 unspecified atom stereocenters. The number of alkyl halides is 3. The normalized spacial score (nSPS) is 11.8. The molecule has 0 aliphatic heterocycles. The molecular formula is C19H19F3N4O2S. The van der Waals surface area contributed by atoms with Gasteiger partial charge in [-0.25, -0.2) is 14.3 Å². The molecule has 0 aliphatic carbocycles. The molecule has 2 aromatic heterocycles. The molecule has 2 heterocycles. The van der Waals surface area contributed by atoms with E-state index in [1.165, 1.54) is 35.0 Å². The summed E-state index contributed by atoms with van der Waals surface area (Å²) >= 11 is -0.242. The van der Waals surface area contributed by atoms with Gasteiger partial charge in [0.15, 0.2) is 0 Å². The van der Waals surface area contributed by atoms with Crippen molar-refractivity contribution in [3.05, 3.63) is 64.8 Å². The number of halogens is 3. The van der Waals surface area contributed by atoms with Crippen LogP contribution in [0.15, 0.2) is 58.5 Å². The van der Waals surface area contributed by atoms with Gasteiger partial charge in [-0.3, -0.25) is 4.57 Å². The molecule has 0 fully saturated rings. The van der Waals surface area contributed by atoms with Crippen molar-refractivity contribution in [1.82, 2.24) is 14.1 Å². The average molecular weight is 424 g/mol. The third-order valence-electron chi connectivity index (χ3n) is 3.88. The summed E-state index contributed by atoms with van der Waals surface area (Å²) in [6.07, 6.45) is 2.91. The maximum absolute atomic E-state index is 12.7. The second-order valence-electron chi connectivity index (χ2n) is 6.62. The Morgan fingerprint density at radius 2 is 1.90 bits per heavy atom. The van der Waals surface area contributed by atoms with Crippen molar-refractivity contribution >= 4 is 17.6 Å². The molecule has 3 rings (SSSR count). The van der Waals surface area contributed by atoms with E-state index >= 15 is 0 Å². The second kappa shape index (κ2) is 8.24. The van der Waals surface area contributed by atoms with Crippen LogP contribution in [0.1, 0.15) is 19.4 Å². The van der Waals surface area contributed by atoms with Crippen molar-refractivity contribution < 1.29 is 18.3 Å². The van der Waals surface area contributed by atoms with Gasteiger partial charge in [0.1, 0.15) is 5.82 Å². The standard InChI is InChI=1S/C19H19F3N4O2S/c1-12(2)24-16-9-13(7-8-23-16)10-25-11-17(27)26(18(25)28)14-3-5-15(6-4-14)29-19(20,21)22/h3-9,11-12,27H,10H2,1-2H3,(H,23,24). The summed E-state index contributed by atoms with van der Waals surface area (Å²) in [7, 11) is 0. The number of rotatable bonds is 6. The predicted molar refractivity (Wildman–Crippen MR) is 106 cm³/mol. The van der Waals surface area contributed by atoms with Gasteiger partial charge in [-0.1, -0.05) is 0 Å². The molecule has 6 nitrogen and oxygen atoms in total. The van der Waals surface area contributed by atoms with Crippen LogP contribution >= 0.6 is 11.8 Å². The fourth-order valence-electron chi connectivity index (χ4n) is 2.78. The SMILES string of the molecule is CC(C)Nc1cc(Cn2cc(O)n(-c3ccc(SC(F)(F)F)cc3)c2=O)ccn1. The number of pyridine rings is 1. The largest absolute Gasteiger partial charge is 0.493 e. The number of aromatic hydroxyl groups is 1. The molecule has 0 amide bonds. The molecule has 0 saturated carbocycles. The lowest BCUT2D eigenvalue weighted by Gasteiger charge is -2.10. The zero-order valence-electron chi connectivity index (χ0n) is 15.6. The number of nitrogens with zero attached hydrogens (tertiary/aromatic N) is 3. The average Bonchev–Trinajstić information content (AvgIpc) is 2.88. The highest BCUT2D eigenvalue weighted by Crippen LogP contribution is 2.37. The molecule has 1 aromatic carbocycles. The Balaban J connectivity index is 1.85.